The standard InChI is InChI=1S/C27H29F3N6O3/c28-27(29,30)22-4-8-32-14-19(22)15-33-23-13-24(34-16-21(23)25(31)38)35-20-3-1-2-18(12-20)26(39)36-9-5-17(6-10-36)7-11-37/h1-4,8,12-14,16-17,37H,5-7,9-11,15H2,(H2,31,38)(H2,33,34,35). The van der Waals surface area contributed by atoms with Crippen molar-refractivity contribution in [1.82, 2.24) is 14.9 Å². The Morgan fingerprint density at radius 2 is 1.90 bits per heavy atom. The van der Waals surface area contributed by atoms with E-state index in [1.807, 2.05) is 0 Å². The van der Waals surface area contributed by atoms with Gasteiger partial charge in [0.15, 0.2) is 0 Å². The molecule has 1 aromatic carbocycles. The van der Waals surface area contributed by atoms with Crippen LogP contribution in [-0.2, 0) is 12.7 Å². The normalized spacial score (nSPS) is 14.2. The van der Waals surface area contributed by atoms with Gasteiger partial charge < -0.3 is 26.4 Å². The number of nitrogens with one attached hydrogen (secondary N) is 2. The number of rotatable bonds is 9. The number of hydrogen-bond acceptors (Lipinski definition) is 7. The predicted molar refractivity (Wildman–Crippen MR) is 139 cm³/mol. The summed E-state index contributed by atoms with van der Waals surface area (Å²) in [5, 5.41) is 15.1. The lowest BCUT2D eigenvalue weighted by molar-refractivity contribution is -0.138. The minimum Gasteiger partial charge on any atom is -0.396 e. The first-order valence-corrected chi connectivity index (χ1v) is 12.5. The number of pyridine rings is 2. The maximum Gasteiger partial charge on any atom is 0.416 e. The number of amides is 2. The molecule has 0 saturated carbocycles. The summed E-state index contributed by atoms with van der Waals surface area (Å²) in [5.41, 5.74) is 5.76. The summed E-state index contributed by atoms with van der Waals surface area (Å²) in [5.74, 6) is -0.187. The number of primary amides is 1. The van der Waals surface area contributed by atoms with Crippen molar-refractivity contribution in [2.75, 3.05) is 30.3 Å². The van der Waals surface area contributed by atoms with Crippen LogP contribution in [0.15, 0.2) is 55.0 Å². The van der Waals surface area contributed by atoms with Gasteiger partial charge in [-0.05, 0) is 49.4 Å². The Labute approximate surface area is 223 Å². The van der Waals surface area contributed by atoms with Crippen molar-refractivity contribution < 1.29 is 27.9 Å². The van der Waals surface area contributed by atoms with Gasteiger partial charge in [0, 0.05) is 67.7 Å². The van der Waals surface area contributed by atoms with E-state index >= 15 is 0 Å². The fraction of sp³-hybridized carbons (Fsp3) is 0.333. The van der Waals surface area contributed by atoms with Crippen molar-refractivity contribution in [1.29, 1.82) is 0 Å². The van der Waals surface area contributed by atoms with Gasteiger partial charge in [-0.15, -0.1) is 0 Å². The molecule has 1 fully saturated rings. The highest BCUT2D eigenvalue weighted by molar-refractivity contribution is 5.99. The number of carbonyl (C=O) groups is 2. The first kappa shape index (κ1) is 27.8. The zero-order valence-corrected chi connectivity index (χ0v) is 21.0. The molecule has 1 aliphatic rings. The van der Waals surface area contributed by atoms with Crippen molar-refractivity contribution in [2.45, 2.75) is 32.0 Å². The van der Waals surface area contributed by atoms with Gasteiger partial charge in [0.25, 0.3) is 11.8 Å². The third-order valence-electron chi connectivity index (χ3n) is 6.67. The Morgan fingerprint density at radius 1 is 1.13 bits per heavy atom. The largest absolute Gasteiger partial charge is 0.416 e. The summed E-state index contributed by atoms with van der Waals surface area (Å²) < 4.78 is 40.1. The zero-order valence-electron chi connectivity index (χ0n) is 21.0. The fourth-order valence-electron chi connectivity index (χ4n) is 4.57. The number of piperidine rings is 1. The maximum atomic E-state index is 13.4. The second-order valence-electron chi connectivity index (χ2n) is 9.32. The molecule has 12 heteroatoms. The summed E-state index contributed by atoms with van der Waals surface area (Å²) >= 11 is 0. The number of nitrogens with zero attached hydrogens (tertiary/aromatic N) is 3. The summed E-state index contributed by atoms with van der Waals surface area (Å²) in [4.78, 5) is 34.7. The van der Waals surface area contributed by atoms with Crippen LogP contribution in [0.2, 0.25) is 0 Å². The van der Waals surface area contributed by atoms with E-state index in [0.717, 1.165) is 37.7 Å². The van der Waals surface area contributed by atoms with Crippen molar-refractivity contribution in [3.05, 3.63) is 77.2 Å². The Hall–Kier alpha value is -4.19. The molecule has 1 saturated heterocycles. The van der Waals surface area contributed by atoms with E-state index in [2.05, 4.69) is 20.6 Å². The number of aliphatic hydroxyl groups is 1. The van der Waals surface area contributed by atoms with Crippen LogP contribution in [0.4, 0.5) is 30.4 Å². The molecule has 0 aliphatic carbocycles. The summed E-state index contributed by atoms with van der Waals surface area (Å²) in [6.45, 7) is 1.14. The van der Waals surface area contributed by atoms with Crippen molar-refractivity contribution in [3.8, 4) is 0 Å². The Morgan fingerprint density at radius 3 is 2.59 bits per heavy atom. The number of aromatic nitrogens is 2. The van der Waals surface area contributed by atoms with Gasteiger partial charge in [0.1, 0.15) is 5.82 Å². The van der Waals surface area contributed by atoms with Gasteiger partial charge in [-0.2, -0.15) is 13.2 Å². The minimum absolute atomic E-state index is 0.00604. The Balaban J connectivity index is 1.49. The lowest BCUT2D eigenvalue weighted by Gasteiger charge is -2.32. The van der Waals surface area contributed by atoms with Crippen LogP contribution in [0.25, 0.3) is 0 Å². The van der Waals surface area contributed by atoms with E-state index in [1.54, 1.807) is 29.2 Å². The van der Waals surface area contributed by atoms with Gasteiger partial charge >= 0.3 is 6.18 Å². The zero-order chi connectivity index (χ0) is 28.0. The molecule has 4 rings (SSSR count). The van der Waals surface area contributed by atoms with Crippen LogP contribution in [0.5, 0.6) is 0 Å². The summed E-state index contributed by atoms with van der Waals surface area (Å²) in [6.07, 6.45) is 1.28. The van der Waals surface area contributed by atoms with Crippen LogP contribution < -0.4 is 16.4 Å². The molecule has 5 N–H and O–H groups in total. The van der Waals surface area contributed by atoms with E-state index in [4.69, 9.17) is 10.8 Å². The molecule has 0 spiro atoms. The average molecular weight is 543 g/mol. The smallest absolute Gasteiger partial charge is 0.396 e. The lowest BCUT2D eigenvalue weighted by atomic mass is 9.93. The monoisotopic (exact) mass is 542 g/mol. The van der Waals surface area contributed by atoms with Gasteiger partial charge in [-0.25, -0.2) is 4.98 Å². The van der Waals surface area contributed by atoms with Crippen LogP contribution >= 0.6 is 0 Å². The van der Waals surface area contributed by atoms with E-state index in [-0.39, 0.29) is 35.9 Å². The molecule has 2 aromatic heterocycles. The number of aliphatic hydroxyl groups excluding tert-OH is 1. The minimum atomic E-state index is -4.56. The summed E-state index contributed by atoms with van der Waals surface area (Å²) in [6, 6.07) is 9.22. The van der Waals surface area contributed by atoms with E-state index in [9.17, 15) is 22.8 Å². The molecule has 3 heterocycles. The molecule has 9 nitrogen and oxygen atoms in total. The molecular formula is C27H29F3N6O3. The fourth-order valence-corrected chi connectivity index (χ4v) is 4.57. The second-order valence-corrected chi connectivity index (χ2v) is 9.32. The molecule has 39 heavy (non-hydrogen) atoms. The van der Waals surface area contributed by atoms with Gasteiger partial charge in [-0.3, -0.25) is 14.6 Å². The lowest BCUT2D eigenvalue weighted by Crippen LogP contribution is -2.38. The predicted octanol–water partition coefficient (Wildman–Crippen LogP) is 4.18. The van der Waals surface area contributed by atoms with Crippen molar-refractivity contribution in [3.63, 3.8) is 0 Å². The number of nitrogens with two attached hydrogens (primary N) is 1. The summed E-state index contributed by atoms with van der Waals surface area (Å²) in [7, 11) is 0. The number of halogens is 3. The van der Waals surface area contributed by atoms with Gasteiger partial charge in [-0.1, -0.05) is 6.07 Å². The quantitative estimate of drug-likeness (QED) is 0.319. The number of benzene rings is 1. The third-order valence-corrected chi connectivity index (χ3v) is 6.67. The van der Waals surface area contributed by atoms with Crippen LogP contribution in [0.3, 0.4) is 0 Å². The number of hydrogen-bond donors (Lipinski definition) is 4. The SMILES string of the molecule is NC(=O)c1cnc(Nc2cccc(C(=O)N3CCC(CCO)CC3)c2)cc1NCc1cnccc1C(F)(F)F. The van der Waals surface area contributed by atoms with Crippen LogP contribution in [0.1, 0.15) is 51.1 Å². The highest BCUT2D eigenvalue weighted by atomic mass is 19.4. The Kier molecular flexibility index (Phi) is 8.65. The highest BCUT2D eigenvalue weighted by Gasteiger charge is 2.33. The van der Waals surface area contributed by atoms with Gasteiger partial charge in [0.2, 0.25) is 0 Å². The number of likely N-dealkylation sites (tertiary alicyclic amines) is 1. The van der Waals surface area contributed by atoms with Crippen LogP contribution in [-0.4, -0.2) is 51.5 Å². The molecule has 0 unspecified atom stereocenters. The van der Waals surface area contributed by atoms with E-state index in [0.29, 0.717) is 36.1 Å². The van der Waals surface area contributed by atoms with Crippen molar-refractivity contribution >= 4 is 29.0 Å². The molecular weight excluding hydrogens is 513 g/mol. The average Bonchev–Trinajstić information content (AvgIpc) is 2.92. The molecule has 1 aliphatic heterocycles. The topological polar surface area (TPSA) is 133 Å². The van der Waals surface area contributed by atoms with Gasteiger partial charge in [0.05, 0.1) is 16.8 Å². The second kappa shape index (κ2) is 12.1. The number of alkyl halides is 3. The third kappa shape index (κ3) is 7.02. The molecule has 3 aromatic rings. The molecule has 0 radical (unpaired) electrons. The Bertz CT molecular complexity index is 1330. The first-order chi connectivity index (χ1) is 18.7. The first-order valence-electron chi connectivity index (χ1n) is 12.5. The molecule has 2 amide bonds. The van der Waals surface area contributed by atoms with E-state index < -0.39 is 17.6 Å². The van der Waals surface area contributed by atoms with E-state index in [1.165, 1.54) is 12.3 Å². The molecule has 206 valence electrons. The highest BCUT2D eigenvalue weighted by Crippen LogP contribution is 2.32. The molecule has 0 atom stereocenters. The van der Waals surface area contributed by atoms with Crippen LogP contribution in [0, 0.1) is 5.92 Å². The molecule has 0 bridgehead atoms. The number of carbonyl (C=O) groups excluding carboxylic acids is 2. The number of anilines is 3. The maximum absolute atomic E-state index is 13.4. The van der Waals surface area contributed by atoms with Crippen molar-refractivity contribution in [2.24, 2.45) is 11.7 Å².